The van der Waals surface area contributed by atoms with Crippen molar-refractivity contribution in [2.45, 2.75) is 46.2 Å². The predicted octanol–water partition coefficient (Wildman–Crippen LogP) is 5.22. The van der Waals surface area contributed by atoms with Gasteiger partial charge in [0.25, 0.3) is 11.5 Å². The van der Waals surface area contributed by atoms with E-state index >= 15 is 0 Å². The number of anilines is 1. The summed E-state index contributed by atoms with van der Waals surface area (Å²) in [6, 6.07) is 21.0. The number of benzene rings is 3. The zero-order chi connectivity index (χ0) is 23.3. The first-order valence-electron chi connectivity index (χ1n) is 11.4. The molecule has 0 aliphatic carbocycles. The number of carbonyl (C=O) groups excluding carboxylic acids is 1. The van der Waals surface area contributed by atoms with E-state index in [0.29, 0.717) is 5.39 Å². The average molecular weight is 438 g/mol. The van der Waals surface area contributed by atoms with Crippen molar-refractivity contribution in [1.82, 2.24) is 9.78 Å². The van der Waals surface area contributed by atoms with Crippen molar-refractivity contribution in [3.8, 4) is 11.3 Å². The summed E-state index contributed by atoms with van der Waals surface area (Å²) >= 11 is 0. The van der Waals surface area contributed by atoms with Gasteiger partial charge in [0.15, 0.2) is 0 Å². The highest BCUT2D eigenvalue weighted by molar-refractivity contribution is 5.99. The van der Waals surface area contributed by atoms with Crippen LogP contribution < -0.4 is 10.5 Å². The summed E-state index contributed by atoms with van der Waals surface area (Å²) in [5.41, 5.74) is 5.71. The number of amides is 1. The van der Waals surface area contributed by atoms with Gasteiger partial charge < -0.3 is 4.90 Å². The van der Waals surface area contributed by atoms with Crippen LogP contribution >= 0.6 is 0 Å². The Hall–Kier alpha value is -3.73. The normalized spacial score (nSPS) is 16.1. The molecule has 4 aromatic rings. The van der Waals surface area contributed by atoms with E-state index in [1.54, 1.807) is 6.92 Å². The third-order valence-corrected chi connectivity index (χ3v) is 6.65. The van der Waals surface area contributed by atoms with E-state index in [-0.39, 0.29) is 17.5 Å². The Kier molecular flexibility index (Phi) is 5.12. The standard InChI is InChI=1S/C28H27N3O2/c1-17-13-14-18(2)24(15-17)26-22-10-6-7-11-23(22)28(33)31(29-26)20(4)27(32)30-19(3)16-21-9-5-8-12-25(21)30/h5-15,19-20H,16H2,1-4H3/t19-,20+/m0/s1. The second-order valence-corrected chi connectivity index (χ2v) is 9.03. The van der Waals surface area contributed by atoms with Crippen LogP contribution in [-0.2, 0) is 11.2 Å². The van der Waals surface area contributed by atoms with Gasteiger partial charge in [-0.2, -0.15) is 5.10 Å². The maximum absolute atomic E-state index is 13.7. The van der Waals surface area contributed by atoms with E-state index in [1.165, 1.54) is 4.68 Å². The number of fused-ring (bicyclic) bond motifs is 2. The second kappa shape index (κ2) is 8.00. The Labute approximate surface area is 193 Å². The van der Waals surface area contributed by atoms with Gasteiger partial charge in [0.1, 0.15) is 6.04 Å². The van der Waals surface area contributed by atoms with Crippen LogP contribution in [-0.4, -0.2) is 21.7 Å². The molecule has 3 aromatic carbocycles. The van der Waals surface area contributed by atoms with Gasteiger partial charge in [-0.15, -0.1) is 0 Å². The minimum Gasteiger partial charge on any atom is -0.307 e. The summed E-state index contributed by atoms with van der Waals surface area (Å²) in [7, 11) is 0. The molecule has 1 aliphatic heterocycles. The number of hydrogen-bond donors (Lipinski definition) is 0. The van der Waals surface area contributed by atoms with Crippen molar-refractivity contribution in [1.29, 1.82) is 0 Å². The zero-order valence-corrected chi connectivity index (χ0v) is 19.4. The van der Waals surface area contributed by atoms with E-state index in [1.807, 2.05) is 68.1 Å². The van der Waals surface area contributed by atoms with Crippen LogP contribution in [0.25, 0.3) is 22.0 Å². The maximum Gasteiger partial charge on any atom is 0.275 e. The topological polar surface area (TPSA) is 55.2 Å². The van der Waals surface area contributed by atoms with Gasteiger partial charge in [-0.1, -0.05) is 54.1 Å². The van der Waals surface area contributed by atoms with Crippen molar-refractivity contribution in [2.75, 3.05) is 4.90 Å². The minimum atomic E-state index is -0.737. The quantitative estimate of drug-likeness (QED) is 0.442. The molecule has 33 heavy (non-hydrogen) atoms. The molecule has 5 rings (SSSR count). The Morgan fingerprint density at radius 3 is 2.48 bits per heavy atom. The molecular weight excluding hydrogens is 410 g/mol. The molecule has 0 radical (unpaired) electrons. The highest BCUT2D eigenvalue weighted by Gasteiger charge is 2.34. The van der Waals surface area contributed by atoms with Gasteiger partial charge in [0.05, 0.1) is 11.1 Å². The lowest BCUT2D eigenvalue weighted by Crippen LogP contribution is -2.43. The van der Waals surface area contributed by atoms with E-state index in [9.17, 15) is 9.59 Å². The lowest BCUT2D eigenvalue weighted by atomic mass is 9.99. The van der Waals surface area contributed by atoms with Gasteiger partial charge in [0, 0.05) is 22.7 Å². The van der Waals surface area contributed by atoms with Crippen LogP contribution in [0.1, 0.15) is 36.6 Å². The molecule has 2 heterocycles. The lowest BCUT2D eigenvalue weighted by molar-refractivity contribution is -0.121. The zero-order valence-electron chi connectivity index (χ0n) is 19.4. The van der Waals surface area contributed by atoms with Crippen molar-refractivity contribution in [2.24, 2.45) is 0 Å². The lowest BCUT2D eigenvalue weighted by Gasteiger charge is -2.27. The number of hydrogen-bond acceptors (Lipinski definition) is 3. The molecule has 0 spiro atoms. The smallest absolute Gasteiger partial charge is 0.275 e. The molecule has 0 N–H and O–H groups in total. The van der Waals surface area contributed by atoms with Crippen LogP contribution in [0.2, 0.25) is 0 Å². The Morgan fingerprint density at radius 1 is 1.00 bits per heavy atom. The molecule has 0 saturated heterocycles. The highest BCUT2D eigenvalue weighted by atomic mass is 16.2. The fourth-order valence-electron chi connectivity index (χ4n) is 4.87. The third-order valence-electron chi connectivity index (χ3n) is 6.65. The molecule has 2 atom stereocenters. The van der Waals surface area contributed by atoms with Crippen molar-refractivity contribution < 1.29 is 4.79 Å². The maximum atomic E-state index is 13.7. The average Bonchev–Trinajstić information content (AvgIpc) is 3.16. The minimum absolute atomic E-state index is 0.0343. The van der Waals surface area contributed by atoms with E-state index in [0.717, 1.165) is 45.4 Å². The summed E-state index contributed by atoms with van der Waals surface area (Å²) in [5, 5.41) is 6.17. The SMILES string of the molecule is Cc1ccc(C)c(-c2nn([C@H](C)C(=O)N3c4ccccc4C[C@@H]3C)c(=O)c3ccccc23)c1. The van der Waals surface area contributed by atoms with Crippen LogP contribution in [0.5, 0.6) is 0 Å². The molecule has 0 saturated carbocycles. The first kappa shape index (κ1) is 21.1. The predicted molar refractivity (Wildman–Crippen MR) is 133 cm³/mol. The van der Waals surface area contributed by atoms with Crippen LogP contribution in [0.4, 0.5) is 5.69 Å². The Morgan fingerprint density at radius 2 is 1.70 bits per heavy atom. The number of aromatic nitrogens is 2. The molecular formula is C28H27N3O2. The molecule has 166 valence electrons. The summed E-state index contributed by atoms with van der Waals surface area (Å²) in [5.74, 6) is -0.121. The highest BCUT2D eigenvalue weighted by Crippen LogP contribution is 2.34. The van der Waals surface area contributed by atoms with Gasteiger partial charge in [-0.05, 0) is 63.4 Å². The molecule has 5 nitrogen and oxygen atoms in total. The summed E-state index contributed by atoms with van der Waals surface area (Å²) in [4.78, 5) is 29.0. The summed E-state index contributed by atoms with van der Waals surface area (Å²) in [6.07, 6.45) is 0.808. The van der Waals surface area contributed by atoms with Crippen LogP contribution in [0.15, 0.2) is 71.5 Å². The second-order valence-electron chi connectivity index (χ2n) is 9.03. The number of aryl methyl sites for hydroxylation is 2. The van der Waals surface area contributed by atoms with E-state index in [2.05, 4.69) is 24.3 Å². The summed E-state index contributed by atoms with van der Waals surface area (Å²) in [6.45, 7) is 7.90. The van der Waals surface area contributed by atoms with Crippen LogP contribution in [0.3, 0.4) is 0 Å². The fourth-order valence-corrected chi connectivity index (χ4v) is 4.87. The van der Waals surface area contributed by atoms with Crippen molar-refractivity contribution in [3.63, 3.8) is 0 Å². The number of nitrogens with zero attached hydrogens (tertiary/aromatic N) is 3. The molecule has 5 heteroatoms. The first-order chi connectivity index (χ1) is 15.9. The Bertz CT molecular complexity index is 1450. The first-order valence-corrected chi connectivity index (χ1v) is 11.4. The van der Waals surface area contributed by atoms with Crippen molar-refractivity contribution in [3.05, 3.63) is 93.8 Å². The largest absolute Gasteiger partial charge is 0.307 e. The molecule has 0 fully saturated rings. The molecule has 1 aliphatic rings. The number of para-hydroxylation sites is 1. The van der Waals surface area contributed by atoms with Gasteiger partial charge in [0.2, 0.25) is 0 Å². The molecule has 1 amide bonds. The molecule has 0 unspecified atom stereocenters. The number of carbonyl (C=O) groups is 1. The van der Waals surface area contributed by atoms with Gasteiger partial charge in [-0.25, -0.2) is 4.68 Å². The van der Waals surface area contributed by atoms with Crippen molar-refractivity contribution >= 4 is 22.4 Å². The third kappa shape index (κ3) is 3.44. The summed E-state index contributed by atoms with van der Waals surface area (Å²) < 4.78 is 1.37. The van der Waals surface area contributed by atoms with Crippen LogP contribution in [0, 0.1) is 13.8 Å². The Balaban J connectivity index is 1.67. The van der Waals surface area contributed by atoms with E-state index in [4.69, 9.17) is 5.10 Å². The van der Waals surface area contributed by atoms with Gasteiger partial charge in [-0.3, -0.25) is 9.59 Å². The van der Waals surface area contributed by atoms with Gasteiger partial charge >= 0.3 is 0 Å². The monoisotopic (exact) mass is 437 g/mol. The number of rotatable bonds is 3. The molecule has 0 bridgehead atoms. The molecule has 1 aromatic heterocycles. The van der Waals surface area contributed by atoms with E-state index < -0.39 is 6.04 Å². The fraction of sp³-hybridized carbons (Fsp3) is 0.250.